The Hall–Kier alpha value is -1.26. The van der Waals surface area contributed by atoms with E-state index in [4.69, 9.17) is 5.11 Å². The number of hydrogen-bond acceptors (Lipinski definition) is 2. The van der Waals surface area contributed by atoms with Crippen LogP contribution in [-0.2, 0) is 4.79 Å². The zero-order chi connectivity index (χ0) is 15.8. The third kappa shape index (κ3) is 9.64. The molecule has 0 saturated heterocycles. The molecule has 0 fully saturated rings. The zero-order valence-electron chi connectivity index (χ0n) is 13.5. The average Bonchev–Trinajstić information content (AvgIpc) is 2.24. The number of hydrogen-bond donors (Lipinski definition) is 3. The summed E-state index contributed by atoms with van der Waals surface area (Å²) in [4.78, 5) is 22.5. The Morgan fingerprint density at radius 3 is 2.20 bits per heavy atom. The molecule has 0 aliphatic carbocycles. The van der Waals surface area contributed by atoms with Crippen LogP contribution in [0, 0.1) is 5.41 Å². The number of nitrogens with one attached hydrogen (secondary N) is 2. The Morgan fingerprint density at radius 2 is 1.70 bits per heavy atom. The molecule has 0 aromatic rings. The van der Waals surface area contributed by atoms with Crippen molar-refractivity contribution in [3.8, 4) is 0 Å². The fraction of sp³-hybridized carbons (Fsp3) is 0.867. The first kappa shape index (κ1) is 18.7. The van der Waals surface area contributed by atoms with Gasteiger partial charge >= 0.3 is 12.0 Å². The number of aliphatic carboxylic acids is 1. The van der Waals surface area contributed by atoms with Gasteiger partial charge in [0.15, 0.2) is 0 Å². The van der Waals surface area contributed by atoms with E-state index < -0.39 is 11.5 Å². The maximum atomic E-state index is 11.8. The largest absolute Gasteiger partial charge is 0.481 e. The van der Waals surface area contributed by atoms with Crippen LogP contribution in [0.2, 0.25) is 0 Å². The van der Waals surface area contributed by atoms with Crippen LogP contribution >= 0.6 is 0 Å². The van der Waals surface area contributed by atoms with E-state index in [0.29, 0.717) is 6.54 Å². The van der Waals surface area contributed by atoms with Gasteiger partial charge in [0.2, 0.25) is 0 Å². The molecule has 2 amide bonds. The summed E-state index contributed by atoms with van der Waals surface area (Å²) in [7, 11) is 0. The lowest BCUT2D eigenvalue weighted by atomic mass is 9.87. The molecule has 0 spiro atoms. The van der Waals surface area contributed by atoms with Crippen LogP contribution < -0.4 is 10.6 Å². The minimum Gasteiger partial charge on any atom is -0.481 e. The Balaban J connectivity index is 4.11. The van der Waals surface area contributed by atoms with Gasteiger partial charge in [-0.05, 0) is 25.7 Å². The summed E-state index contributed by atoms with van der Waals surface area (Å²) in [6.45, 7) is 10.4. The fourth-order valence-corrected chi connectivity index (χ4v) is 2.04. The van der Waals surface area contributed by atoms with E-state index in [0.717, 1.165) is 12.8 Å². The monoisotopic (exact) mass is 286 g/mol. The second-order valence-electron chi connectivity index (χ2n) is 6.88. The van der Waals surface area contributed by atoms with Gasteiger partial charge in [-0.1, -0.05) is 40.0 Å². The fourth-order valence-electron chi connectivity index (χ4n) is 2.04. The molecule has 0 saturated carbocycles. The molecule has 0 aromatic heterocycles. The molecule has 0 rings (SSSR count). The normalized spacial score (nSPS) is 12.1. The topological polar surface area (TPSA) is 78.4 Å². The van der Waals surface area contributed by atoms with Gasteiger partial charge in [-0.25, -0.2) is 4.79 Å². The second-order valence-corrected chi connectivity index (χ2v) is 6.88. The van der Waals surface area contributed by atoms with Crippen molar-refractivity contribution in [2.75, 3.05) is 6.54 Å². The quantitative estimate of drug-likeness (QED) is 0.570. The highest BCUT2D eigenvalue weighted by Crippen LogP contribution is 2.22. The van der Waals surface area contributed by atoms with Crippen molar-refractivity contribution >= 4 is 12.0 Å². The predicted molar refractivity (Wildman–Crippen MR) is 80.8 cm³/mol. The van der Waals surface area contributed by atoms with E-state index in [1.165, 1.54) is 12.8 Å². The molecule has 20 heavy (non-hydrogen) atoms. The van der Waals surface area contributed by atoms with Crippen molar-refractivity contribution in [2.24, 2.45) is 5.41 Å². The number of unbranched alkanes of at least 4 members (excludes halogenated alkanes) is 2. The highest BCUT2D eigenvalue weighted by Gasteiger charge is 2.25. The summed E-state index contributed by atoms with van der Waals surface area (Å²) in [6.07, 6.45) is 4.53. The summed E-state index contributed by atoms with van der Waals surface area (Å²) in [6, 6.07) is -0.306. The molecule has 0 aromatic carbocycles. The zero-order valence-corrected chi connectivity index (χ0v) is 13.5. The minimum absolute atomic E-state index is 0.0590. The van der Waals surface area contributed by atoms with Crippen LogP contribution in [-0.4, -0.2) is 29.2 Å². The number of urea groups is 1. The molecular formula is C15H30N2O3. The number of carbonyl (C=O) groups is 2. The lowest BCUT2D eigenvalue weighted by Crippen LogP contribution is -2.50. The Labute approximate surface area is 122 Å². The first-order valence-corrected chi connectivity index (χ1v) is 7.36. The van der Waals surface area contributed by atoms with E-state index in [1.807, 2.05) is 0 Å². The van der Waals surface area contributed by atoms with Crippen molar-refractivity contribution in [3.05, 3.63) is 0 Å². The second kappa shape index (κ2) is 8.12. The summed E-state index contributed by atoms with van der Waals surface area (Å²) < 4.78 is 0. The molecule has 5 nitrogen and oxygen atoms in total. The van der Waals surface area contributed by atoms with Crippen molar-refractivity contribution < 1.29 is 14.7 Å². The Bertz CT molecular complexity index is 325. The number of rotatable bonds is 9. The van der Waals surface area contributed by atoms with Crippen molar-refractivity contribution in [1.82, 2.24) is 10.6 Å². The molecule has 0 atom stereocenters. The molecule has 0 bridgehead atoms. The van der Waals surface area contributed by atoms with Gasteiger partial charge in [0, 0.05) is 12.1 Å². The first-order chi connectivity index (χ1) is 9.08. The highest BCUT2D eigenvalue weighted by molar-refractivity contribution is 5.76. The van der Waals surface area contributed by atoms with Crippen LogP contribution in [0.3, 0.4) is 0 Å². The van der Waals surface area contributed by atoms with Gasteiger partial charge in [-0.15, -0.1) is 0 Å². The van der Waals surface area contributed by atoms with Gasteiger partial charge in [-0.2, -0.15) is 0 Å². The molecule has 0 heterocycles. The molecule has 118 valence electrons. The number of carbonyl (C=O) groups excluding carboxylic acids is 1. The maximum absolute atomic E-state index is 11.8. The van der Waals surface area contributed by atoms with Crippen LogP contribution in [0.4, 0.5) is 4.79 Å². The number of amides is 2. The van der Waals surface area contributed by atoms with Gasteiger partial charge in [0.05, 0.1) is 6.42 Å². The summed E-state index contributed by atoms with van der Waals surface area (Å²) in [5.74, 6) is -0.921. The molecule has 0 aliphatic rings. The van der Waals surface area contributed by atoms with Crippen molar-refractivity contribution in [1.29, 1.82) is 0 Å². The molecular weight excluding hydrogens is 256 g/mol. The standard InChI is InChI=1S/C15H30N2O3/c1-6-7-8-9-14(2,3)11-16-13(20)17-15(4,5)10-12(18)19/h6-11H2,1-5H3,(H,18,19)(H2,16,17,20). The number of carboxylic acid groups (broad SMARTS) is 1. The summed E-state index contributed by atoms with van der Waals surface area (Å²) in [5, 5.41) is 14.3. The van der Waals surface area contributed by atoms with E-state index in [2.05, 4.69) is 31.4 Å². The SMILES string of the molecule is CCCCCC(C)(C)CNC(=O)NC(C)(C)CC(=O)O. The minimum atomic E-state index is -0.921. The van der Waals surface area contributed by atoms with E-state index in [1.54, 1.807) is 13.8 Å². The average molecular weight is 286 g/mol. The molecule has 0 unspecified atom stereocenters. The predicted octanol–water partition coefficient (Wildman–Crippen LogP) is 3.15. The van der Waals surface area contributed by atoms with Gasteiger partial charge in [-0.3, -0.25) is 4.79 Å². The van der Waals surface area contributed by atoms with E-state index >= 15 is 0 Å². The first-order valence-electron chi connectivity index (χ1n) is 7.36. The van der Waals surface area contributed by atoms with Crippen LogP contribution in [0.25, 0.3) is 0 Å². The third-order valence-electron chi connectivity index (χ3n) is 3.23. The highest BCUT2D eigenvalue weighted by atomic mass is 16.4. The maximum Gasteiger partial charge on any atom is 0.315 e. The molecule has 0 aliphatic heterocycles. The third-order valence-corrected chi connectivity index (χ3v) is 3.23. The molecule has 0 radical (unpaired) electrons. The van der Waals surface area contributed by atoms with E-state index in [9.17, 15) is 9.59 Å². The van der Waals surface area contributed by atoms with Crippen LogP contribution in [0.5, 0.6) is 0 Å². The number of carboxylic acids is 1. The van der Waals surface area contributed by atoms with Crippen molar-refractivity contribution in [2.45, 2.75) is 72.3 Å². The smallest absolute Gasteiger partial charge is 0.315 e. The van der Waals surface area contributed by atoms with Crippen molar-refractivity contribution in [3.63, 3.8) is 0 Å². The Kier molecular flexibility index (Phi) is 7.61. The van der Waals surface area contributed by atoms with E-state index in [-0.39, 0.29) is 17.9 Å². The molecule has 5 heteroatoms. The lowest BCUT2D eigenvalue weighted by molar-refractivity contribution is -0.138. The Morgan fingerprint density at radius 1 is 1.10 bits per heavy atom. The summed E-state index contributed by atoms with van der Waals surface area (Å²) in [5.41, 5.74) is -0.689. The lowest BCUT2D eigenvalue weighted by Gasteiger charge is -2.28. The van der Waals surface area contributed by atoms with Gasteiger partial charge in [0.25, 0.3) is 0 Å². The van der Waals surface area contributed by atoms with Crippen LogP contribution in [0.15, 0.2) is 0 Å². The van der Waals surface area contributed by atoms with Gasteiger partial charge in [0.1, 0.15) is 0 Å². The van der Waals surface area contributed by atoms with Gasteiger partial charge < -0.3 is 15.7 Å². The molecule has 3 N–H and O–H groups in total. The summed E-state index contributed by atoms with van der Waals surface area (Å²) >= 11 is 0. The van der Waals surface area contributed by atoms with Crippen LogP contribution in [0.1, 0.15) is 66.7 Å².